The van der Waals surface area contributed by atoms with Crippen LogP contribution in [0.3, 0.4) is 0 Å². The van der Waals surface area contributed by atoms with Gasteiger partial charge in [0.15, 0.2) is 0 Å². The van der Waals surface area contributed by atoms with E-state index in [0.717, 1.165) is 27.3 Å². The van der Waals surface area contributed by atoms with Gasteiger partial charge in [0, 0.05) is 29.5 Å². The van der Waals surface area contributed by atoms with E-state index in [2.05, 4.69) is 37.3 Å². The molecule has 1 atom stereocenters. The van der Waals surface area contributed by atoms with Gasteiger partial charge in [-0.2, -0.15) is 0 Å². The zero-order chi connectivity index (χ0) is 26.9. The Labute approximate surface area is 228 Å². The molecule has 1 N–H and O–H groups in total. The van der Waals surface area contributed by atoms with E-state index in [9.17, 15) is 4.79 Å². The van der Waals surface area contributed by atoms with Crippen molar-refractivity contribution in [3.63, 3.8) is 0 Å². The molecule has 0 aliphatic heterocycles. The van der Waals surface area contributed by atoms with Gasteiger partial charge < -0.3 is 14.8 Å². The molecule has 1 heterocycles. The number of amides is 1. The van der Waals surface area contributed by atoms with E-state index in [1.54, 1.807) is 39.9 Å². The molecule has 37 heavy (non-hydrogen) atoms. The van der Waals surface area contributed by atoms with Gasteiger partial charge in [-0.1, -0.05) is 78.6 Å². The number of alkyl carbamates (subject to hydrolysis) is 1. The number of ether oxygens (including phenoxy) is 2. The summed E-state index contributed by atoms with van der Waals surface area (Å²) in [5.41, 5.74) is 3.34. The molecule has 7 heteroatoms. The Hall–Kier alpha value is -2.74. The predicted molar refractivity (Wildman–Crippen MR) is 157 cm³/mol. The van der Waals surface area contributed by atoms with Crippen LogP contribution in [-0.2, 0) is 9.47 Å². The molecule has 196 valence electrons. The molecular weight excluding hydrogens is 500 g/mol. The second-order valence-corrected chi connectivity index (χ2v) is 12.8. The monoisotopic (exact) mass is 536 g/mol. The summed E-state index contributed by atoms with van der Waals surface area (Å²) in [6.07, 6.45) is 9.01. The highest BCUT2D eigenvalue weighted by atomic mass is 33.1. The van der Waals surface area contributed by atoms with Gasteiger partial charge in [0.2, 0.25) is 0 Å². The normalized spacial score (nSPS) is 18.6. The van der Waals surface area contributed by atoms with E-state index >= 15 is 0 Å². The summed E-state index contributed by atoms with van der Waals surface area (Å²) in [7, 11) is 3.34. The first-order chi connectivity index (χ1) is 17.6. The topological polar surface area (TPSA) is 60.5 Å². The summed E-state index contributed by atoms with van der Waals surface area (Å²) in [5, 5.41) is 3.86. The largest absolute Gasteiger partial charge is 0.441 e. The highest BCUT2D eigenvalue weighted by Gasteiger charge is 2.28. The molecular formula is C30H36N2O3S2. The van der Waals surface area contributed by atoms with Gasteiger partial charge in [-0.25, -0.2) is 9.78 Å². The molecule has 1 aliphatic carbocycles. The highest BCUT2D eigenvalue weighted by molar-refractivity contribution is 8.77. The number of hydrogen-bond donors (Lipinski definition) is 1. The number of hydrogen-bond acceptors (Lipinski definition) is 6. The second kappa shape index (κ2) is 13.2. The van der Waals surface area contributed by atoms with E-state index in [4.69, 9.17) is 9.47 Å². The Kier molecular flexibility index (Phi) is 10.3. The summed E-state index contributed by atoms with van der Waals surface area (Å²) >= 11 is 0. The molecule has 1 aromatic heterocycles. The van der Waals surface area contributed by atoms with Crippen LogP contribution in [0.1, 0.15) is 51.3 Å². The van der Waals surface area contributed by atoms with Gasteiger partial charge in [-0.05, 0) is 67.3 Å². The third kappa shape index (κ3) is 8.95. The van der Waals surface area contributed by atoms with Gasteiger partial charge in [0.1, 0.15) is 11.1 Å². The highest BCUT2D eigenvalue weighted by Crippen LogP contribution is 2.40. The number of nitrogens with one attached hydrogen (secondary N) is 1. The van der Waals surface area contributed by atoms with Crippen LogP contribution in [0.4, 0.5) is 4.79 Å². The van der Waals surface area contributed by atoms with Crippen molar-refractivity contribution in [3.8, 4) is 0 Å². The summed E-state index contributed by atoms with van der Waals surface area (Å²) in [4.78, 5) is 17.2. The lowest BCUT2D eigenvalue weighted by molar-refractivity contribution is -0.0244. The molecule has 0 saturated carbocycles. The van der Waals surface area contributed by atoms with Crippen molar-refractivity contribution in [2.75, 3.05) is 13.2 Å². The van der Waals surface area contributed by atoms with Crippen LogP contribution in [-0.4, -0.2) is 34.6 Å². The molecule has 5 nitrogen and oxygen atoms in total. The fourth-order valence-corrected chi connectivity index (χ4v) is 5.66. The fraction of sp³-hybridized carbons (Fsp3) is 0.333. The summed E-state index contributed by atoms with van der Waals surface area (Å²) in [6, 6.07) is 13.8. The third-order valence-electron chi connectivity index (χ3n) is 5.74. The molecule has 1 unspecified atom stereocenters. The first-order valence-electron chi connectivity index (χ1n) is 12.2. The zero-order valence-electron chi connectivity index (χ0n) is 22.0. The lowest BCUT2D eigenvalue weighted by atomic mass is 9.91. The lowest BCUT2D eigenvalue weighted by Crippen LogP contribution is -2.43. The number of fused-ring (bicyclic) bond motifs is 1. The summed E-state index contributed by atoms with van der Waals surface area (Å²) < 4.78 is 12.0. The molecule has 0 fully saturated rings. The van der Waals surface area contributed by atoms with Crippen LogP contribution in [0.2, 0.25) is 0 Å². The Morgan fingerprint density at radius 2 is 1.86 bits per heavy atom. The minimum absolute atomic E-state index is 0.146. The third-order valence-corrected chi connectivity index (χ3v) is 8.92. The number of rotatable bonds is 11. The standard InChI is InChI=1S/C30H36N2O3S2/c1-7-22-16-17-24-13-9-10-14-25(24)26(19-23(22)8-2)35-28(33)32-20-29(3,4)34-21-30(5,6)37-36-27-15-11-12-18-31-27/h7-18,26H,1-2,19-21H2,3-6H3,(H,32,33)/b17-16-,23-22-. The quantitative estimate of drug-likeness (QED) is 0.294. The predicted octanol–water partition coefficient (Wildman–Crippen LogP) is 7.95. The molecule has 2 aromatic rings. The smallest absolute Gasteiger partial charge is 0.407 e. The molecule has 1 aliphatic rings. The maximum absolute atomic E-state index is 12.9. The average molecular weight is 537 g/mol. The SMILES string of the molecule is C=CC1=C(\C=C)CC(OC(=O)NCC(C)(C)OCC(C)(C)SSc2ccccn2)c2ccccc2/C=C\1. The molecule has 0 spiro atoms. The van der Waals surface area contributed by atoms with Crippen molar-refractivity contribution >= 4 is 33.8 Å². The second-order valence-electron chi connectivity index (χ2n) is 9.95. The number of allylic oxidation sites excluding steroid dienone is 4. The van der Waals surface area contributed by atoms with Gasteiger partial charge >= 0.3 is 6.09 Å². The number of nitrogens with zero attached hydrogens (tertiary/aromatic N) is 1. The van der Waals surface area contributed by atoms with E-state index in [1.807, 2.05) is 68.5 Å². The van der Waals surface area contributed by atoms with Gasteiger partial charge in [0.25, 0.3) is 0 Å². The van der Waals surface area contributed by atoms with Gasteiger partial charge in [-0.15, -0.1) is 0 Å². The van der Waals surface area contributed by atoms with Gasteiger partial charge in [-0.3, -0.25) is 0 Å². The number of aromatic nitrogens is 1. The van der Waals surface area contributed by atoms with Crippen molar-refractivity contribution in [1.29, 1.82) is 0 Å². The molecule has 0 bridgehead atoms. The zero-order valence-corrected chi connectivity index (χ0v) is 23.7. The van der Waals surface area contributed by atoms with Crippen molar-refractivity contribution in [1.82, 2.24) is 10.3 Å². The molecule has 1 amide bonds. The number of benzene rings is 1. The first-order valence-corrected chi connectivity index (χ1v) is 14.4. The van der Waals surface area contributed by atoms with Crippen LogP contribution < -0.4 is 5.32 Å². The number of carbonyl (C=O) groups excluding carboxylic acids is 1. The average Bonchev–Trinajstić information content (AvgIpc) is 2.89. The van der Waals surface area contributed by atoms with Crippen LogP contribution >= 0.6 is 21.6 Å². The van der Waals surface area contributed by atoms with E-state index in [0.29, 0.717) is 19.6 Å². The van der Waals surface area contributed by atoms with Crippen LogP contribution in [0.5, 0.6) is 0 Å². The first kappa shape index (κ1) is 28.8. The summed E-state index contributed by atoms with van der Waals surface area (Å²) in [5.74, 6) is 0. The van der Waals surface area contributed by atoms with Crippen molar-refractivity contribution < 1.29 is 14.3 Å². The van der Waals surface area contributed by atoms with Crippen molar-refractivity contribution in [2.24, 2.45) is 0 Å². The van der Waals surface area contributed by atoms with Crippen LogP contribution in [0.25, 0.3) is 6.08 Å². The maximum atomic E-state index is 12.9. The Morgan fingerprint density at radius 3 is 2.57 bits per heavy atom. The Balaban J connectivity index is 1.57. The van der Waals surface area contributed by atoms with E-state index < -0.39 is 17.8 Å². The van der Waals surface area contributed by atoms with Crippen LogP contribution in [0.15, 0.2) is 96.2 Å². The Morgan fingerprint density at radius 1 is 1.11 bits per heavy atom. The van der Waals surface area contributed by atoms with E-state index in [-0.39, 0.29) is 4.75 Å². The lowest BCUT2D eigenvalue weighted by Gasteiger charge is -2.31. The maximum Gasteiger partial charge on any atom is 0.407 e. The Bertz CT molecular complexity index is 1160. The van der Waals surface area contributed by atoms with Gasteiger partial charge in [0.05, 0.1) is 12.2 Å². The number of pyridine rings is 1. The summed E-state index contributed by atoms with van der Waals surface area (Å²) in [6.45, 7) is 16.9. The molecule has 0 radical (unpaired) electrons. The molecule has 0 saturated heterocycles. The minimum Gasteiger partial charge on any atom is -0.441 e. The van der Waals surface area contributed by atoms with Crippen LogP contribution in [0, 0.1) is 0 Å². The van der Waals surface area contributed by atoms with Crippen molar-refractivity contribution in [3.05, 3.63) is 102 Å². The number of carbonyl (C=O) groups is 1. The van der Waals surface area contributed by atoms with E-state index in [1.165, 1.54) is 0 Å². The fourth-order valence-electron chi connectivity index (χ4n) is 3.63. The van der Waals surface area contributed by atoms with Crippen molar-refractivity contribution in [2.45, 2.75) is 55.6 Å². The minimum atomic E-state index is -0.573. The molecule has 3 rings (SSSR count). The molecule has 1 aromatic carbocycles.